The minimum absolute atomic E-state index is 0.0375. The molecule has 0 atom stereocenters. The second-order valence-corrected chi connectivity index (χ2v) is 21.4. The molecule has 0 fully saturated rings. The number of amides is 1. The second-order valence-electron chi connectivity index (χ2n) is 17.7. The average molecular weight is 901 g/mol. The van der Waals surface area contributed by atoms with Gasteiger partial charge in [0.2, 0.25) is 5.91 Å². The molecule has 0 saturated carbocycles. The molecule has 0 radical (unpaired) electrons. The Kier molecular flexibility index (Phi) is 22.4. The van der Waals surface area contributed by atoms with Gasteiger partial charge in [0.15, 0.2) is 5.78 Å². The van der Waals surface area contributed by atoms with Crippen molar-refractivity contribution in [2.24, 2.45) is 5.41 Å². The van der Waals surface area contributed by atoms with E-state index in [9.17, 15) is 26.4 Å². The van der Waals surface area contributed by atoms with Crippen LogP contribution in [0.5, 0.6) is 0 Å². The van der Waals surface area contributed by atoms with Gasteiger partial charge in [0.25, 0.3) is 20.0 Å². The van der Waals surface area contributed by atoms with Gasteiger partial charge in [0.05, 0.1) is 37.4 Å². The Balaban J connectivity index is 1.79. The van der Waals surface area contributed by atoms with Crippen LogP contribution in [0.25, 0.3) is 0 Å². The number of benzene rings is 3. The molecule has 0 saturated heterocycles. The number of carbonyl (C=O) groups excluding carboxylic acids is 2. The molecule has 3 aromatic carbocycles. The summed E-state index contributed by atoms with van der Waals surface area (Å²) in [5.74, 6) is -1.10. The highest BCUT2D eigenvalue weighted by molar-refractivity contribution is 7.93. The summed E-state index contributed by atoms with van der Waals surface area (Å²) in [4.78, 5) is 26.4. The molecule has 0 unspecified atom stereocenters. The van der Waals surface area contributed by atoms with E-state index in [1.807, 2.05) is 0 Å². The lowest BCUT2D eigenvalue weighted by Crippen LogP contribution is -2.26. The summed E-state index contributed by atoms with van der Waals surface area (Å²) in [5, 5.41) is 2.30. The molecule has 0 spiro atoms. The van der Waals surface area contributed by atoms with Crippen molar-refractivity contribution in [1.29, 1.82) is 0 Å². The number of hydrogen-bond donors (Lipinski definition) is 3. The number of nitrogens with one attached hydrogen (secondary N) is 3. The number of anilines is 3. The number of ketones is 1. The van der Waals surface area contributed by atoms with Gasteiger partial charge in [-0.1, -0.05) is 186 Å². The van der Waals surface area contributed by atoms with Crippen LogP contribution in [-0.4, -0.2) is 28.5 Å². The fourth-order valence-corrected chi connectivity index (χ4v) is 9.87. The molecule has 12 heteroatoms. The monoisotopic (exact) mass is 899 g/mol. The number of unbranched alkanes of at least 4 members (excludes halogenated alkanes) is 18. The van der Waals surface area contributed by atoms with E-state index >= 15 is 0 Å². The molecular formula is C49H74ClN3O6S2. The smallest absolute Gasteiger partial charge is 0.261 e. The third-order valence-electron chi connectivity index (χ3n) is 11.1. The van der Waals surface area contributed by atoms with Crippen LogP contribution in [0, 0.1) is 5.41 Å². The van der Waals surface area contributed by atoms with Crippen LogP contribution in [0.1, 0.15) is 191 Å². The molecule has 0 bridgehead atoms. The molecule has 0 aliphatic carbocycles. The Labute approximate surface area is 374 Å². The zero-order chi connectivity index (χ0) is 44.9. The molecule has 0 heterocycles. The zero-order valence-electron chi connectivity index (χ0n) is 37.9. The first kappa shape index (κ1) is 51.9. The van der Waals surface area contributed by atoms with E-state index in [1.54, 1.807) is 45.0 Å². The standard InChI is InChI=1S/C49H74ClN3O6S2/c1-7-9-11-13-15-17-19-21-23-25-27-39-29-33-41(34-30-39)60(56,57)52-43-37-44(51-38(3)54)46(50)47(45(43)48(55)49(4,5)6)53-61(58,59)42-35-31-40(32-36-42)28-26-24-22-20-18-16-14-12-10-8-2/h29-37,52-53H,7-28H2,1-6H3,(H,51,54). The Morgan fingerprint density at radius 2 is 0.902 bits per heavy atom. The van der Waals surface area contributed by atoms with Gasteiger partial charge >= 0.3 is 0 Å². The van der Waals surface area contributed by atoms with E-state index in [1.165, 1.54) is 140 Å². The predicted molar refractivity (Wildman–Crippen MR) is 255 cm³/mol. The van der Waals surface area contributed by atoms with Gasteiger partial charge < -0.3 is 5.32 Å². The SMILES string of the molecule is CCCCCCCCCCCCc1ccc(S(=O)(=O)Nc2cc(NC(C)=O)c(Cl)c(NS(=O)(=O)c3ccc(CCCCCCCCCCCC)cc3)c2C(=O)C(C)(C)C)cc1. The van der Waals surface area contributed by atoms with Crippen LogP contribution in [0.15, 0.2) is 64.4 Å². The normalized spacial score (nSPS) is 12.0. The van der Waals surface area contributed by atoms with Crippen molar-refractivity contribution in [1.82, 2.24) is 0 Å². The predicted octanol–water partition coefficient (Wildman–Crippen LogP) is 14.1. The Morgan fingerprint density at radius 1 is 0.541 bits per heavy atom. The number of Topliss-reactive ketones (excluding diaryl/α,β-unsaturated/α-hetero) is 1. The third-order valence-corrected chi connectivity index (χ3v) is 14.2. The number of sulfonamides is 2. The van der Waals surface area contributed by atoms with Crippen molar-refractivity contribution in [3.63, 3.8) is 0 Å². The number of hydrogen-bond acceptors (Lipinski definition) is 6. The van der Waals surface area contributed by atoms with E-state index in [2.05, 4.69) is 28.6 Å². The third kappa shape index (κ3) is 18.1. The Morgan fingerprint density at radius 3 is 1.26 bits per heavy atom. The van der Waals surface area contributed by atoms with Gasteiger partial charge in [-0.25, -0.2) is 16.8 Å². The maximum atomic E-state index is 14.2. The molecule has 1 amide bonds. The minimum Gasteiger partial charge on any atom is -0.325 e. The highest BCUT2D eigenvalue weighted by Crippen LogP contribution is 2.43. The lowest BCUT2D eigenvalue weighted by atomic mass is 9.85. The molecule has 0 aliphatic heterocycles. The van der Waals surface area contributed by atoms with Crippen molar-refractivity contribution in [2.45, 2.75) is 193 Å². The number of halogens is 1. The number of rotatable bonds is 30. The summed E-state index contributed by atoms with van der Waals surface area (Å²) < 4.78 is 60.9. The number of carbonyl (C=O) groups is 2. The Hall–Kier alpha value is -3.41. The second kappa shape index (κ2) is 26.3. The molecule has 9 nitrogen and oxygen atoms in total. The van der Waals surface area contributed by atoms with Gasteiger partial charge in [-0.3, -0.25) is 19.0 Å². The van der Waals surface area contributed by atoms with Crippen molar-refractivity contribution in [3.05, 3.63) is 76.3 Å². The van der Waals surface area contributed by atoms with Crippen molar-refractivity contribution >= 4 is 60.4 Å². The number of aryl methyl sites for hydroxylation is 2. The van der Waals surface area contributed by atoms with Gasteiger partial charge in [0, 0.05) is 12.3 Å². The van der Waals surface area contributed by atoms with Crippen LogP contribution >= 0.6 is 11.6 Å². The fraction of sp³-hybridized carbons (Fsp3) is 0.592. The fourth-order valence-electron chi connectivity index (χ4n) is 7.43. The van der Waals surface area contributed by atoms with Crippen molar-refractivity contribution in [2.75, 3.05) is 14.8 Å². The summed E-state index contributed by atoms with van der Waals surface area (Å²) in [6.07, 6.45) is 26.3. The van der Waals surface area contributed by atoms with E-state index in [-0.39, 0.29) is 37.4 Å². The van der Waals surface area contributed by atoms with Crippen molar-refractivity contribution < 1.29 is 26.4 Å². The summed E-state index contributed by atoms with van der Waals surface area (Å²) in [6.45, 7) is 10.6. The van der Waals surface area contributed by atoms with E-state index < -0.39 is 37.2 Å². The van der Waals surface area contributed by atoms with Gasteiger partial charge in [-0.15, -0.1) is 0 Å². The highest BCUT2D eigenvalue weighted by atomic mass is 35.5. The molecule has 3 aromatic rings. The largest absolute Gasteiger partial charge is 0.325 e. The summed E-state index contributed by atoms with van der Waals surface area (Å²) in [5.41, 5.74) is 0.0223. The van der Waals surface area contributed by atoms with Crippen molar-refractivity contribution in [3.8, 4) is 0 Å². The first-order valence-corrected chi connectivity index (χ1v) is 26.3. The van der Waals surface area contributed by atoms with E-state index in [4.69, 9.17) is 11.6 Å². The highest BCUT2D eigenvalue weighted by Gasteiger charge is 2.34. The van der Waals surface area contributed by atoms with Crippen LogP contribution < -0.4 is 14.8 Å². The topological polar surface area (TPSA) is 139 Å². The molecule has 0 aliphatic rings. The van der Waals surface area contributed by atoms with Gasteiger partial charge in [0.1, 0.15) is 0 Å². The molecule has 0 aromatic heterocycles. The van der Waals surface area contributed by atoms with Gasteiger partial charge in [-0.05, 0) is 67.1 Å². The maximum Gasteiger partial charge on any atom is 0.261 e. The van der Waals surface area contributed by atoms with Crippen LogP contribution in [0.3, 0.4) is 0 Å². The van der Waals surface area contributed by atoms with Crippen LogP contribution in [0.4, 0.5) is 17.1 Å². The summed E-state index contributed by atoms with van der Waals surface area (Å²) in [6, 6.07) is 14.4. The molecule has 3 N–H and O–H groups in total. The summed E-state index contributed by atoms with van der Waals surface area (Å²) in [7, 11) is -8.66. The molecule has 340 valence electrons. The zero-order valence-corrected chi connectivity index (χ0v) is 40.3. The maximum absolute atomic E-state index is 14.2. The first-order chi connectivity index (χ1) is 29.0. The lowest BCUT2D eigenvalue weighted by molar-refractivity contribution is -0.114. The lowest BCUT2D eigenvalue weighted by Gasteiger charge is -2.25. The van der Waals surface area contributed by atoms with Crippen LogP contribution in [-0.2, 0) is 37.7 Å². The quantitative estimate of drug-likeness (QED) is 0.0450. The van der Waals surface area contributed by atoms with E-state index in [0.29, 0.717) is 0 Å². The van der Waals surface area contributed by atoms with Gasteiger partial charge in [-0.2, -0.15) is 0 Å². The molecule has 61 heavy (non-hydrogen) atoms. The van der Waals surface area contributed by atoms with E-state index in [0.717, 1.165) is 49.7 Å². The summed E-state index contributed by atoms with van der Waals surface area (Å²) >= 11 is 6.81. The minimum atomic E-state index is -4.36. The van der Waals surface area contributed by atoms with Crippen LogP contribution in [0.2, 0.25) is 5.02 Å². The Bertz CT molecular complexity index is 2030. The molecular weight excluding hydrogens is 826 g/mol. The first-order valence-electron chi connectivity index (χ1n) is 22.9. The average Bonchev–Trinajstić information content (AvgIpc) is 3.20. The molecule has 3 rings (SSSR count).